The minimum Gasteiger partial charge on any atom is -0.457 e. The molecule has 0 atom stereocenters. The SMILES string of the molecule is Cc1nc(C)c(C(=O)OCc2ccc(COC(=O)c3sc(C)nc3C)cc2)s1. The highest BCUT2D eigenvalue weighted by atomic mass is 32.1. The van der Waals surface area contributed by atoms with Gasteiger partial charge in [0.25, 0.3) is 0 Å². The molecule has 6 nitrogen and oxygen atoms in total. The maximum atomic E-state index is 12.1. The summed E-state index contributed by atoms with van der Waals surface area (Å²) in [5, 5.41) is 1.68. The number of thiazole rings is 2. The van der Waals surface area contributed by atoms with Gasteiger partial charge in [-0.2, -0.15) is 0 Å². The zero-order valence-corrected chi connectivity index (χ0v) is 17.7. The fourth-order valence-electron chi connectivity index (χ4n) is 2.60. The minimum absolute atomic E-state index is 0.175. The molecule has 0 N–H and O–H groups in total. The smallest absolute Gasteiger partial charge is 0.350 e. The highest BCUT2D eigenvalue weighted by Gasteiger charge is 2.16. The maximum absolute atomic E-state index is 12.1. The summed E-state index contributed by atoms with van der Waals surface area (Å²) in [5.41, 5.74) is 3.10. The molecule has 2 aromatic heterocycles. The number of ether oxygens (including phenoxy) is 2. The largest absolute Gasteiger partial charge is 0.457 e. The van der Waals surface area contributed by atoms with Crippen molar-refractivity contribution in [3.63, 3.8) is 0 Å². The lowest BCUT2D eigenvalue weighted by atomic mass is 10.1. The van der Waals surface area contributed by atoms with Crippen LogP contribution in [0.4, 0.5) is 0 Å². The number of hydrogen-bond donors (Lipinski definition) is 0. The number of esters is 2. The van der Waals surface area contributed by atoms with Gasteiger partial charge in [0.1, 0.15) is 23.0 Å². The standard InChI is InChI=1S/C20H20N2O4S2/c1-11-17(27-13(3)21-11)19(23)25-9-15-5-7-16(8-6-15)10-26-20(24)18-12(2)22-14(4)28-18/h5-8H,9-10H2,1-4H3. The molecule has 0 fully saturated rings. The van der Waals surface area contributed by atoms with Crippen molar-refractivity contribution in [3.05, 3.63) is 66.5 Å². The second kappa shape index (κ2) is 8.62. The van der Waals surface area contributed by atoms with Crippen LogP contribution < -0.4 is 0 Å². The first kappa shape index (κ1) is 20.2. The van der Waals surface area contributed by atoms with Gasteiger partial charge in [-0.1, -0.05) is 24.3 Å². The molecule has 0 unspecified atom stereocenters. The van der Waals surface area contributed by atoms with Crippen molar-refractivity contribution in [2.75, 3.05) is 0 Å². The maximum Gasteiger partial charge on any atom is 0.350 e. The molecule has 0 radical (unpaired) electrons. The van der Waals surface area contributed by atoms with Gasteiger partial charge < -0.3 is 9.47 Å². The number of hydrogen-bond acceptors (Lipinski definition) is 8. The number of carbonyl (C=O) groups excluding carboxylic acids is 2. The van der Waals surface area contributed by atoms with Crippen molar-refractivity contribution in [1.82, 2.24) is 9.97 Å². The fraction of sp³-hybridized carbons (Fsp3) is 0.300. The van der Waals surface area contributed by atoms with E-state index in [0.29, 0.717) is 21.1 Å². The van der Waals surface area contributed by atoms with Crippen LogP contribution >= 0.6 is 22.7 Å². The van der Waals surface area contributed by atoms with E-state index in [-0.39, 0.29) is 25.2 Å². The number of rotatable bonds is 6. The molecular weight excluding hydrogens is 396 g/mol. The van der Waals surface area contributed by atoms with E-state index in [0.717, 1.165) is 21.1 Å². The second-order valence-corrected chi connectivity index (χ2v) is 8.67. The third kappa shape index (κ3) is 4.82. The Morgan fingerprint density at radius 2 is 1.11 bits per heavy atom. The molecule has 0 saturated heterocycles. The molecular formula is C20H20N2O4S2. The summed E-state index contributed by atoms with van der Waals surface area (Å²) in [6.45, 7) is 7.66. The molecule has 2 heterocycles. The van der Waals surface area contributed by atoms with E-state index in [9.17, 15) is 9.59 Å². The van der Waals surface area contributed by atoms with E-state index in [4.69, 9.17) is 9.47 Å². The summed E-state index contributed by atoms with van der Waals surface area (Å²) in [6, 6.07) is 7.40. The fourth-order valence-corrected chi connectivity index (χ4v) is 4.23. The molecule has 0 aliphatic rings. The minimum atomic E-state index is -0.365. The van der Waals surface area contributed by atoms with Crippen molar-refractivity contribution in [2.24, 2.45) is 0 Å². The molecule has 8 heteroatoms. The van der Waals surface area contributed by atoms with E-state index < -0.39 is 0 Å². The van der Waals surface area contributed by atoms with E-state index >= 15 is 0 Å². The van der Waals surface area contributed by atoms with Crippen molar-refractivity contribution < 1.29 is 19.1 Å². The summed E-state index contributed by atoms with van der Waals surface area (Å²) in [7, 11) is 0. The van der Waals surface area contributed by atoms with Crippen molar-refractivity contribution in [3.8, 4) is 0 Å². The lowest BCUT2D eigenvalue weighted by molar-refractivity contribution is 0.0464. The van der Waals surface area contributed by atoms with Crippen LogP contribution in [0.1, 0.15) is 51.9 Å². The molecule has 0 saturated carbocycles. The summed E-state index contributed by atoms with van der Waals surface area (Å²) in [4.78, 5) is 33.8. The molecule has 1 aromatic carbocycles. The molecule has 0 spiro atoms. The summed E-state index contributed by atoms with van der Waals surface area (Å²) in [5.74, 6) is -0.729. The third-order valence-electron chi connectivity index (χ3n) is 3.94. The lowest BCUT2D eigenvalue weighted by Crippen LogP contribution is -2.06. The van der Waals surface area contributed by atoms with E-state index in [1.165, 1.54) is 22.7 Å². The van der Waals surface area contributed by atoms with E-state index in [2.05, 4.69) is 9.97 Å². The van der Waals surface area contributed by atoms with Crippen LogP contribution in [0.15, 0.2) is 24.3 Å². The Hall–Kier alpha value is -2.58. The lowest BCUT2D eigenvalue weighted by Gasteiger charge is -2.07. The summed E-state index contributed by atoms with van der Waals surface area (Å²) in [6.07, 6.45) is 0. The Balaban J connectivity index is 1.52. The molecule has 3 rings (SSSR count). The first-order valence-corrected chi connectivity index (χ1v) is 10.3. The van der Waals surface area contributed by atoms with Gasteiger partial charge in [-0.25, -0.2) is 19.6 Å². The van der Waals surface area contributed by atoms with Crippen LogP contribution in [-0.2, 0) is 22.7 Å². The average Bonchev–Trinajstić information content (AvgIpc) is 3.18. The zero-order chi connectivity index (χ0) is 20.3. The zero-order valence-electron chi connectivity index (χ0n) is 16.1. The normalized spacial score (nSPS) is 10.7. The Morgan fingerprint density at radius 1 is 0.750 bits per heavy atom. The van der Waals surface area contributed by atoms with Crippen LogP contribution in [-0.4, -0.2) is 21.9 Å². The van der Waals surface area contributed by atoms with Gasteiger partial charge in [0.15, 0.2) is 0 Å². The van der Waals surface area contributed by atoms with Crippen LogP contribution in [0, 0.1) is 27.7 Å². The van der Waals surface area contributed by atoms with E-state index in [1.54, 1.807) is 13.8 Å². The second-order valence-electron chi connectivity index (χ2n) is 6.26. The third-order valence-corrected chi connectivity index (χ3v) is 6.05. The number of aryl methyl sites for hydroxylation is 4. The molecule has 146 valence electrons. The molecule has 28 heavy (non-hydrogen) atoms. The highest BCUT2D eigenvalue weighted by Crippen LogP contribution is 2.20. The van der Waals surface area contributed by atoms with Crippen LogP contribution in [0.2, 0.25) is 0 Å². The summed E-state index contributed by atoms with van der Waals surface area (Å²) < 4.78 is 10.7. The van der Waals surface area contributed by atoms with Gasteiger partial charge in [-0.05, 0) is 38.8 Å². The Labute approximate surface area is 171 Å². The predicted octanol–water partition coefficient (Wildman–Crippen LogP) is 4.55. The monoisotopic (exact) mass is 416 g/mol. The molecule has 0 bridgehead atoms. The Morgan fingerprint density at radius 3 is 1.39 bits per heavy atom. The first-order chi connectivity index (χ1) is 13.3. The van der Waals surface area contributed by atoms with Gasteiger partial charge in [0, 0.05) is 0 Å². The van der Waals surface area contributed by atoms with Crippen LogP contribution in [0.25, 0.3) is 0 Å². The van der Waals surface area contributed by atoms with Crippen molar-refractivity contribution >= 4 is 34.6 Å². The first-order valence-electron chi connectivity index (χ1n) is 8.63. The molecule has 0 aliphatic heterocycles. The molecule has 0 aliphatic carbocycles. The highest BCUT2D eigenvalue weighted by molar-refractivity contribution is 7.14. The van der Waals surface area contributed by atoms with Gasteiger partial charge >= 0.3 is 11.9 Å². The predicted molar refractivity (Wildman–Crippen MR) is 108 cm³/mol. The number of nitrogens with zero attached hydrogens (tertiary/aromatic N) is 2. The van der Waals surface area contributed by atoms with Crippen LogP contribution in [0.5, 0.6) is 0 Å². The van der Waals surface area contributed by atoms with Crippen LogP contribution in [0.3, 0.4) is 0 Å². The van der Waals surface area contributed by atoms with Gasteiger partial charge in [0.05, 0.1) is 21.4 Å². The average molecular weight is 417 g/mol. The van der Waals surface area contributed by atoms with Gasteiger partial charge in [-0.15, -0.1) is 22.7 Å². The number of carbonyl (C=O) groups is 2. The topological polar surface area (TPSA) is 78.4 Å². The number of aromatic nitrogens is 2. The number of benzene rings is 1. The quantitative estimate of drug-likeness (QED) is 0.549. The van der Waals surface area contributed by atoms with Gasteiger partial charge in [0.2, 0.25) is 0 Å². The van der Waals surface area contributed by atoms with Crippen molar-refractivity contribution in [2.45, 2.75) is 40.9 Å². The van der Waals surface area contributed by atoms with E-state index in [1.807, 2.05) is 38.1 Å². The Kier molecular flexibility index (Phi) is 6.21. The molecule has 0 amide bonds. The molecule has 3 aromatic rings. The van der Waals surface area contributed by atoms with Crippen molar-refractivity contribution in [1.29, 1.82) is 0 Å². The Bertz CT molecular complexity index is 925. The summed E-state index contributed by atoms with van der Waals surface area (Å²) >= 11 is 2.66. The van der Waals surface area contributed by atoms with Gasteiger partial charge in [-0.3, -0.25) is 0 Å².